The van der Waals surface area contributed by atoms with E-state index in [0.717, 1.165) is 38.5 Å². The van der Waals surface area contributed by atoms with Crippen molar-refractivity contribution < 1.29 is 14.3 Å². The summed E-state index contributed by atoms with van der Waals surface area (Å²) in [5.74, 6) is 0.805. The topological polar surface area (TPSA) is 50.8 Å². The van der Waals surface area contributed by atoms with E-state index in [4.69, 9.17) is 9.47 Å². The van der Waals surface area contributed by atoms with Gasteiger partial charge in [0.25, 0.3) is 5.91 Å². The molecule has 20 heavy (non-hydrogen) atoms. The summed E-state index contributed by atoms with van der Waals surface area (Å²) in [5, 5.41) is 0. The zero-order valence-electron chi connectivity index (χ0n) is 12.4. The fourth-order valence-electron chi connectivity index (χ4n) is 2.18. The molecule has 6 heteroatoms. The fraction of sp³-hybridized carbons (Fsp3) is 0.929. The fourth-order valence-corrected chi connectivity index (χ4v) is 2.34. The Bertz CT molecular complexity index is 259. The second kappa shape index (κ2) is 11.7. The van der Waals surface area contributed by atoms with Crippen molar-refractivity contribution in [1.29, 1.82) is 0 Å². The van der Waals surface area contributed by atoms with Crippen LogP contribution in [0.5, 0.6) is 0 Å². The van der Waals surface area contributed by atoms with E-state index < -0.39 is 0 Å². The molecule has 1 aliphatic rings. The number of unbranched alkanes of at least 4 members (excludes halogenated alkanes) is 1. The third kappa shape index (κ3) is 9.10. The SMILES string of the molecule is CC1CCN(CCOCCCCOCC(=O)NI)CC1. The highest BCUT2D eigenvalue weighted by atomic mass is 127. The Morgan fingerprint density at radius 2 is 1.85 bits per heavy atom. The number of amides is 1. The predicted octanol–water partition coefficient (Wildman–Crippen LogP) is 2.00. The lowest BCUT2D eigenvalue weighted by Gasteiger charge is -2.29. The van der Waals surface area contributed by atoms with Crippen LogP contribution in [-0.4, -0.2) is 56.9 Å². The predicted molar refractivity (Wildman–Crippen MR) is 87.9 cm³/mol. The number of ether oxygens (including phenoxy) is 2. The largest absolute Gasteiger partial charge is 0.380 e. The molecule has 1 heterocycles. The van der Waals surface area contributed by atoms with Crippen LogP contribution in [0.15, 0.2) is 0 Å². The van der Waals surface area contributed by atoms with E-state index in [1.807, 2.05) is 22.9 Å². The van der Waals surface area contributed by atoms with Crippen molar-refractivity contribution in [3.8, 4) is 0 Å². The molecule has 1 N–H and O–H groups in total. The third-order valence-electron chi connectivity index (χ3n) is 3.59. The Balaban J connectivity index is 1.80. The summed E-state index contributed by atoms with van der Waals surface area (Å²) >= 11 is 1.81. The van der Waals surface area contributed by atoms with Gasteiger partial charge in [0.05, 0.1) is 29.5 Å². The number of carbonyl (C=O) groups excluding carboxylic acids is 1. The number of hydrogen-bond donors (Lipinski definition) is 1. The van der Waals surface area contributed by atoms with E-state index in [9.17, 15) is 4.79 Å². The molecule has 0 saturated carbocycles. The Hall–Kier alpha value is 0.0800. The van der Waals surface area contributed by atoms with Crippen LogP contribution in [-0.2, 0) is 14.3 Å². The summed E-state index contributed by atoms with van der Waals surface area (Å²) in [7, 11) is 0. The van der Waals surface area contributed by atoms with Crippen molar-refractivity contribution in [3.63, 3.8) is 0 Å². The maximum Gasteiger partial charge on any atom is 0.254 e. The lowest BCUT2D eigenvalue weighted by Crippen LogP contribution is -2.35. The molecule has 1 fully saturated rings. The summed E-state index contributed by atoms with van der Waals surface area (Å²) in [6.07, 6.45) is 4.57. The molecular weight excluding hydrogens is 371 g/mol. The van der Waals surface area contributed by atoms with E-state index in [1.54, 1.807) is 0 Å². The third-order valence-corrected chi connectivity index (χ3v) is 4.20. The lowest BCUT2D eigenvalue weighted by molar-refractivity contribution is -0.123. The molecule has 0 aromatic carbocycles. The van der Waals surface area contributed by atoms with Crippen molar-refractivity contribution in [2.45, 2.75) is 32.6 Å². The summed E-state index contributed by atoms with van der Waals surface area (Å²) < 4.78 is 13.3. The van der Waals surface area contributed by atoms with E-state index in [1.165, 1.54) is 25.9 Å². The first-order valence-corrected chi connectivity index (χ1v) is 8.57. The molecule has 0 bridgehead atoms. The highest BCUT2D eigenvalue weighted by Gasteiger charge is 2.14. The molecule has 0 aliphatic carbocycles. The van der Waals surface area contributed by atoms with Crippen LogP contribution in [0.1, 0.15) is 32.6 Å². The molecule has 1 aliphatic heterocycles. The smallest absolute Gasteiger partial charge is 0.254 e. The van der Waals surface area contributed by atoms with Gasteiger partial charge in [-0.05, 0) is 44.7 Å². The van der Waals surface area contributed by atoms with Gasteiger partial charge in [-0.3, -0.25) is 8.32 Å². The number of nitrogens with zero attached hydrogens (tertiary/aromatic N) is 1. The van der Waals surface area contributed by atoms with Gasteiger partial charge < -0.3 is 14.4 Å². The van der Waals surface area contributed by atoms with Crippen LogP contribution < -0.4 is 3.53 Å². The van der Waals surface area contributed by atoms with Gasteiger partial charge in [0.2, 0.25) is 0 Å². The van der Waals surface area contributed by atoms with Gasteiger partial charge in [-0.25, -0.2) is 0 Å². The zero-order valence-corrected chi connectivity index (χ0v) is 14.6. The van der Waals surface area contributed by atoms with Crippen LogP contribution in [0, 0.1) is 5.92 Å². The number of hydrogen-bond acceptors (Lipinski definition) is 4. The standard InChI is InChI=1S/C14H27IN2O3/c1-13-4-6-17(7-5-13)8-11-19-9-2-3-10-20-12-14(18)16-15/h13H,2-12H2,1H3,(H,16,18). The number of halogens is 1. The van der Waals surface area contributed by atoms with Crippen molar-refractivity contribution in [3.05, 3.63) is 0 Å². The van der Waals surface area contributed by atoms with Crippen LogP contribution in [0.2, 0.25) is 0 Å². The molecule has 0 unspecified atom stereocenters. The summed E-state index contributed by atoms with van der Waals surface area (Å²) in [6.45, 7) is 8.21. The molecule has 0 radical (unpaired) electrons. The molecular formula is C14H27IN2O3. The normalized spacial score (nSPS) is 17.3. The number of likely N-dealkylation sites (tertiary alicyclic amines) is 1. The van der Waals surface area contributed by atoms with Gasteiger partial charge in [-0.2, -0.15) is 0 Å². The quantitative estimate of drug-likeness (QED) is 0.348. The second-order valence-electron chi connectivity index (χ2n) is 5.41. The van der Waals surface area contributed by atoms with Crippen molar-refractivity contribution in [2.24, 2.45) is 5.92 Å². The molecule has 1 amide bonds. The van der Waals surface area contributed by atoms with Crippen molar-refractivity contribution in [1.82, 2.24) is 8.43 Å². The van der Waals surface area contributed by atoms with Gasteiger partial charge in [0, 0.05) is 19.8 Å². The molecule has 1 saturated heterocycles. The Kier molecular flexibility index (Phi) is 10.6. The molecule has 0 spiro atoms. The second-order valence-corrected chi connectivity index (χ2v) is 5.95. The lowest BCUT2D eigenvalue weighted by atomic mass is 9.99. The van der Waals surface area contributed by atoms with Gasteiger partial charge >= 0.3 is 0 Å². The molecule has 1 rings (SSSR count). The molecule has 0 aromatic heterocycles. The summed E-state index contributed by atoms with van der Waals surface area (Å²) in [5.41, 5.74) is 0. The van der Waals surface area contributed by atoms with Crippen molar-refractivity contribution in [2.75, 3.05) is 46.1 Å². The average Bonchev–Trinajstić information content (AvgIpc) is 2.47. The molecule has 5 nitrogen and oxygen atoms in total. The Morgan fingerprint density at radius 3 is 2.50 bits per heavy atom. The minimum atomic E-state index is -0.0855. The van der Waals surface area contributed by atoms with E-state index in [0.29, 0.717) is 6.61 Å². The van der Waals surface area contributed by atoms with Gasteiger partial charge in [-0.15, -0.1) is 0 Å². The van der Waals surface area contributed by atoms with Gasteiger partial charge in [-0.1, -0.05) is 6.92 Å². The monoisotopic (exact) mass is 398 g/mol. The number of carbonyl (C=O) groups is 1. The van der Waals surface area contributed by atoms with Gasteiger partial charge in [0.1, 0.15) is 6.61 Å². The van der Waals surface area contributed by atoms with Crippen LogP contribution in [0.25, 0.3) is 0 Å². The number of piperidine rings is 1. The summed E-state index contributed by atoms with van der Waals surface area (Å²) in [4.78, 5) is 13.4. The molecule has 0 aromatic rings. The van der Waals surface area contributed by atoms with E-state index >= 15 is 0 Å². The Morgan fingerprint density at radius 1 is 1.20 bits per heavy atom. The molecule has 118 valence electrons. The Labute approximate surface area is 136 Å². The number of nitrogens with one attached hydrogen (secondary N) is 1. The van der Waals surface area contributed by atoms with Crippen molar-refractivity contribution >= 4 is 28.8 Å². The number of rotatable bonds is 10. The van der Waals surface area contributed by atoms with Crippen LogP contribution in [0.4, 0.5) is 0 Å². The first-order chi connectivity index (χ1) is 9.72. The first kappa shape index (κ1) is 18.1. The van der Waals surface area contributed by atoms with Crippen LogP contribution >= 0.6 is 22.9 Å². The molecule has 0 atom stereocenters. The maximum atomic E-state index is 10.9. The van der Waals surface area contributed by atoms with Crippen LogP contribution in [0.3, 0.4) is 0 Å². The summed E-state index contributed by atoms with van der Waals surface area (Å²) in [6, 6.07) is 0. The maximum absolute atomic E-state index is 10.9. The average molecular weight is 398 g/mol. The zero-order chi connectivity index (χ0) is 14.6. The van der Waals surface area contributed by atoms with E-state index in [-0.39, 0.29) is 12.5 Å². The highest BCUT2D eigenvalue weighted by molar-refractivity contribution is 14.1. The first-order valence-electron chi connectivity index (χ1n) is 7.49. The minimum Gasteiger partial charge on any atom is -0.380 e. The van der Waals surface area contributed by atoms with Gasteiger partial charge in [0.15, 0.2) is 0 Å². The highest BCUT2D eigenvalue weighted by Crippen LogP contribution is 2.15. The van der Waals surface area contributed by atoms with E-state index in [2.05, 4.69) is 15.4 Å². The minimum absolute atomic E-state index is 0.0855.